The van der Waals surface area contributed by atoms with Crippen molar-refractivity contribution in [1.29, 1.82) is 0 Å². The molecule has 3 nitrogen and oxygen atoms in total. The smallest absolute Gasteiger partial charge is 0.144 e. The Balaban J connectivity index is 2.78. The van der Waals surface area contributed by atoms with Crippen LogP contribution in [0.3, 0.4) is 0 Å². The number of nitrogens with one attached hydrogen (secondary N) is 1. The maximum absolute atomic E-state index is 6.09. The second kappa shape index (κ2) is 7.05. The molecule has 1 aromatic rings. The molecular formula is C14H24N2O. The zero-order valence-corrected chi connectivity index (χ0v) is 11.1. The molecule has 0 aromatic heterocycles. The number of para-hydroxylation sites is 1. The lowest BCUT2D eigenvalue weighted by atomic mass is 10.1. The van der Waals surface area contributed by atoms with E-state index in [-0.39, 0.29) is 0 Å². The first kappa shape index (κ1) is 13.7. The summed E-state index contributed by atoms with van der Waals surface area (Å²) in [6.07, 6.45) is 3.18. The van der Waals surface area contributed by atoms with Crippen LogP contribution in [-0.2, 0) is 0 Å². The van der Waals surface area contributed by atoms with Crippen molar-refractivity contribution in [2.75, 3.05) is 17.7 Å². The van der Waals surface area contributed by atoms with Crippen LogP contribution < -0.4 is 15.8 Å². The Labute approximate surface area is 104 Å². The summed E-state index contributed by atoms with van der Waals surface area (Å²) in [5.74, 6) is 0.780. The zero-order valence-electron chi connectivity index (χ0n) is 11.1. The average molecular weight is 236 g/mol. The fourth-order valence-corrected chi connectivity index (χ4v) is 1.72. The molecule has 0 heterocycles. The monoisotopic (exact) mass is 236 g/mol. The van der Waals surface area contributed by atoms with E-state index in [4.69, 9.17) is 10.5 Å². The predicted molar refractivity (Wildman–Crippen MR) is 74.6 cm³/mol. The zero-order chi connectivity index (χ0) is 12.7. The van der Waals surface area contributed by atoms with Gasteiger partial charge in [0, 0.05) is 6.04 Å². The standard InChI is InChI=1S/C14H24N2O/c1-4-10-17-13-9-7-8-12(14(13)15)16-11(5-2)6-3/h7-9,11,16H,4-6,10,15H2,1-3H3. The molecule has 0 atom stereocenters. The maximum atomic E-state index is 6.09. The van der Waals surface area contributed by atoms with Crippen LogP contribution in [0.4, 0.5) is 11.4 Å². The molecule has 3 N–H and O–H groups in total. The Hall–Kier alpha value is -1.38. The molecule has 0 spiro atoms. The quantitative estimate of drug-likeness (QED) is 0.710. The molecule has 96 valence electrons. The van der Waals surface area contributed by atoms with Gasteiger partial charge in [0.2, 0.25) is 0 Å². The Morgan fingerprint density at radius 2 is 1.94 bits per heavy atom. The van der Waals surface area contributed by atoms with Crippen molar-refractivity contribution in [2.24, 2.45) is 0 Å². The minimum absolute atomic E-state index is 0.471. The summed E-state index contributed by atoms with van der Waals surface area (Å²) in [5.41, 5.74) is 7.79. The average Bonchev–Trinajstić information content (AvgIpc) is 2.36. The number of benzene rings is 1. The van der Waals surface area contributed by atoms with Crippen molar-refractivity contribution in [3.05, 3.63) is 18.2 Å². The molecule has 17 heavy (non-hydrogen) atoms. The van der Waals surface area contributed by atoms with Crippen LogP contribution in [-0.4, -0.2) is 12.6 Å². The Morgan fingerprint density at radius 1 is 1.24 bits per heavy atom. The molecule has 3 heteroatoms. The molecular weight excluding hydrogens is 212 g/mol. The minimum Gasteiger partial charge on any atom is -0.491 e. The minimum atomic E-state index is 0.471. The largest absolute Gasteiger partial charge is 0.491 e. The third-order valence-electron chi connectivity index (χ3n) is 2.87. The predicted octanol–water partition coefficient (Wildman–Crippen LogP) is 3.66. The third-order valence-corrected chi connectivity index (χ3v) is 2.87. The summed E-state index contributed by atoms with van der Waals surface area (Å²) >= 11 is 0. The molecule has 0 unspecified atom stereocenters. The Kier molecular flexibility index (Phi) is 5.67. The topological polar surface area (TPSA) is 47.3 Å². The molecule has 0 fully saturated rings. The van der Waals surface area contributed by atoms with Gasteiger partial charge in [-0.15, -0.1) is 0 Å². The van der Waals surface area contributed by atoms with Crippen LogP contribution in [0.15, 0.2) is 18.2 Å². The lowest BCUT2D eigenvalue weighted by Gasteiger charge is -2.19. The van der Waals surface area contributed by atoms with Crippen LogP contribution in [0.25, 0.3) is 0 Å². The Morgan fingerprint density at radius 3 is 2.53 bits per heavy atom. The molecule has 0 aliphatic carbocycles. The summed E-state index contributed by atoms with van der Waals surface area (Å²) in [7, 11) is 0. The van der Waals surface area contributed by atoms with Gasteiger partial charge in [-0.3, -0.25) is 0 Å². The van der Waals surface area contributed by atoms with Crippen molar-refractivity contribution in [3.8, 4) is 5.75 Å². The van der Waals surface area contributed by atoms with E-state index in [0.29, 0.717) is 18.3 Å². The molecule has 0 saturated carbocycles. The van der Waals surface area contributed by atoms with Gasteiger partial charge in [0.15, 0.2) is 0 Å². The summed E-state index contributed by atoms with van der Waals surface area (Å²) < 4.78 is 5.61. The number of anilines is 2. The second-order valence-electron chi connectivity index (χ2n) is 4.22. The highest BCUT2D eigenvalue weighted by Crippen LogP contribution is 2.30. The van der Waals surface area contributed by atoms with Gasteiger partial charge in [-0.1, -0.05) is 26.8 Å². The van der Waals surface area contributed by atoms with Gasteiger partial charge in [0.05, 0.1) is 18.0 Å². The van der Waals surface area contributed by atoms with Crippen LogP contribution in [0.5, 0.6) is 5.75 Å². The van der Waals surface area contributed by atoms with E-state index in [0.717, 1.165) is 30.7 Å². The van der Waals surface area contributed by atoms with E-state index < -0.39 is 0 Å². The number of hydrogen-bond acceptors (Lipinski definition) is 3. The van der Waals surface area contributed by atoms with Gasteiger partial charge in [-0.05, 0) is 31.4 Å². The van der Waals surface area contributed by atoms with Crippen molar-refractivity contribution in [2.45, 2.75) is 46.1 Å². The Bertz CT molecular complexity index is 335. The normalized spacial score (nSPS) is 10.6. The van der Waals surface area contributed by atoms with Crippen LogP contribution >= 0.6 is 0 Å². The van der Waals surface area contributed by atoms with Gasteiger partial charge in [-0.25, -0.2) is 0 Å². The van der Waals surface area contributed by atoms with Crippen LogP contribution in [0.1, 0.15) is 40.0 Å². The van der Waals surface area contributed by atoms with E-state index >= 15 is 0 Å². The lowest BCUT2D eigenvalue weighted by molar-refractivity contribution is 0.319. The van der Waals surface area contributed by atoms with E-state index in [9.17, 15) is 0 Å². The highest BCUT2D eigenvalue weighted by molar-refractivity contribution is 5.73. The fourth-order valence-electron chi connectivity index (χ4n) is 1.72. The summed E-state index contributed by atoms with van der Waals surface area (Å²) in [6, 6.07) is 6.38. The van der Waals surface area contributed by atoms with Gasteiger partial charge in [-0.2, -0.15) is 0 Å². The van der Waals surface area contributed by atoms with Crippen molar-refractivity contribution in [3.63, 3.8) is 0 Å². The van der Waals surface area contributed by atoms with E-state index in [1.54, 1.807) is 0 Å². The number of nitrogens with two attached hydrogens (primary N) is 1. The molecule has 0 aliphatic heterocycles. The molecule has 0 aliphatic rings. The van der Waals surface area contributed by atoms with Gasteiger partial charge in [0.25, 0.3) is 0 Å². The lowest BCUT2D eigenvalue weighted by Crippen LogP contribution is -2.18. The van der Waals surface area contributed by atoms with Gasteiger partial charge in [0.1, 0.15) is 5.75 Å². The fraction of sp³-hybridized carbons (Fsp3) is 0.571. The number of ether oxygens (including phenoxy) is 1. The molecule has 1 aromatic carbocycles. The van der Waals surface area contributed by atoms with Crippen LogP contribution in [0, 0.1) is 0 Å². The summed E-state index contributed by atoms with van der Waals surface area (Å²) in [4.78, 5) is 0. The van der Waals surface area contributed by atoms with Crippen molar-refractivity contribution in [1.82, 2.24) is 0 Å². The first-order valence-electron chi connectivity index (χ1n) is 6.50. The highest BCUT2D eigenvalue weighted by Gasteiger charge is 2.09. The van der Waals surface area contributed by atoms with Crippen LogP contribution in [0.2, 0.25) is 0 Å². The number of nitrogen functional groups attached to an aromatic ring is 1. The second-order valence-corrected chi connectivity index (χ2v) is 4.22. The van der Waals surface area contributed by atoms with Gasteiger partial charge >= 0.3 is 0 Å². The van der Waals surface area contributed by atoms with Crippen molar-refractivity contribution < 1.29 is 4.74 Å². The first-order chi connectivity index (χ1) is 8.22. The van der Waals surface area contributed by atoms with E-state index in [1.165, 1.54) is 0 Å². The van der Waals surface area contributed by atoms with Crippen molar-refractivity contribution >= 4 is 11.4 Å². The molecule has 0 bridgehead atoms. The number of rotatable bonds is 7. The maximum Gasteiger partial charge on any atom is 0.144 e. The highest BCUT2D eigenvalue weighted by atomic mass is 16.5. The summed E-state index contributed by atoms with van der Waals surface area (Å²) in [5, 5.41) is 3.46. The van der Waals surface area contributed by atoms with E-state index in [1.807, 2.05) is 18.2 Å². The molecule has 0 amide bonds. The summed E-state index contributed by atoms with van der Waals surface area (Å²) in [6.45, 7) is 7.14. The number of hydrogen-bond donors (Lipinski definition) is 2. The molecule has 1 rings (SSSR count). The third kappa shape index (κ3) is 3.84. The SMILES string of the molecule is CCCOc1cccc(NC(CC)CC)c1N. The van der Waals surface area contributed by atoms with E-state index in [2.05, 4.69) is 26.1 Å². The first-order valence-corrected chi connectivity index (χ1v) is 6.50. The van der Waals surface area contributed by atoms with Gasteiger partial charge < -0.3 is 15.8 Å². The molecule has 0 radical (unpaired) electrons. The molecule has 0 saturated heterocycles.